The minimum absolute atomic E-state index is 0. The molecule has 0 radical (unpaired) electrons. The fourth-order valence-electron chi connectivity index (χ4n) is 2.99. The van der Waals surface area contributed by atoms with Crippen LogP contribution in [0, 0.1) is 6.92 Å². The third kappa shape index (κ3) is 4.13. The van der Waals surface area contributed by atoms with Crippen LogP contribution in [0.2, 0.25) is 0 Å². The molecule has 130 valence electrons. The van der Waals surface area contributed by atoms with Crippen LogP contribution in [0.5, 0.6) is 0 Å². The average molecular weight is 350 g/mol. The van der Waals surface area contributed by atoms with Gasteiger partial charge in [0.25, 0.3) is 0 Å². The van der Waals surface area contributed by atoms with Gasteiger partial charge in [0.2, 0.25) is 5.91 Å². The minimum Gasteiger partial charge on any atom is -0.351 e. The van der Waals surface area contributed by atoms with Crippen molar-refractivity contribution < 1.29 is 4.79 Å². The highest BCUT2D eigenvalue weighted by molar-refractivity contribution is 5.85. The number of benzene rings is 1. The maximum absolute atomic E-state index is 12.3. The molecule has 2 N–H and O–H groups in total. The Hall–Kier alpha value is -1.92. The average Bonchev–Trinajstić information content (AvgIpc) is 2.91. The molecule has 2 atom stereocenters. The molecular weight excluding hydrogens is 326 g/mol. The van der Waals surface area contributed by atoms with Crippen molar-refractivity contribution in [2.45, 2.75) is 45.2 Å². The number of nitrogens with zero attached hydrogens (tertiary/aromatic N) is 3. The summed E-state index contributed by atoms with van der Waals surface area (Å²) in [5, 5.41) is 14.9. The number of aromatic nitrogens is 3. The van der Waals surface area contributed by atoms with Crippen LogP contribution in [0.15, 0.2) is 30.3 Å². The van der Waals surface area contributed by atoms with E-state index < -0.39 is 0 Å². The van der Waals surface area contributed by atoms with E-state index >= 15 is 0 Å². The molecule has 7 heteroatoms. The predicted octanol–water partition coefficient (Wildman–Crippen LogP) is 1.80. The van der Waals surface area contributed by atoms with Crippen LogP contribution >= 0.6 is 12.4 Å². The second-order valence-corrected chi connectivity index (χ2v) is 6.10. The van der Waals surface area contributed by atoms with Gasteiger partial charge >= 0.3 is 0 Å². The fraction of sp³-hybridized carbons (Fsp3) is 0.471. The molecule has 0 spiro atoms. The Kier molecular flexibility index (Phi) is 6.34. The number of carbonyl (C=O) groups excluding carboxylic acids is 1. The summed E-state index contributed by atoms with van der Waals surface area (Å²) in [6.45, 7) is 5.08. The molecule has 1 saturated heterocycles. The number of carbonyl (C=O) groups is 1. The van der Waals surface area contributed by atoms with Crippen LogP contribution in [0.4, 0.5) is 0 Å². The zero-order chi connectivity index (χ0) is 16.2. The Morgan fingerprint density at radius 3 is 2.83 bits per heavy atom. The van der Waals surface area contributed by atoms with Gasteiger partial charge in [-0.2, -0.15) is 0 Å². The first-order valence-corrected chi connectivity index (χ1v) is 8.14. The Balaban J connectivity index is 0.00000208. The monoisotopic (exact) mass is 349 g/mol. The van der Waals surface area contributed by atoms with Gasteiger partial charge in [-0.05, 0) is 45.4 Å². The van der Waals surface area contributed by atoms with E-state index in [1.165, 1.54) is 0 Å². The van der Waals surface area contributed by atoms with Crippen LogP contribution in [0.25, 0.3) is 5.69 Å². The van der Waals surface area contributed by atoms with Crippen molar-refractivity contribution in [1.82, 2.24) is 25.6 Å². The maximum Gasteiger partial charge on any atom is 0.226 e. The summed E-state index contributed by atoms with van der Waals surface area (Å²) >= 11 is 0. The van der Waals surface area contributed by atoms with E-state index in [0.29, 0.717) is 6.04 Å². The molecule has 2 unspecified atom stereocenters. The summed E-state index contributed by atoms with van der Waals surface area (Å²) in [5.74, 6) is 0.00811. The largest absolute Gasteiger partial charge is 0.351 e. The molecule has 1 aliphatic rings. The SMILES string of the molecule is Cc1c(CC(=O)NC2CCCNC2C)nnn1-c1ccccc1.Cl. The molecule has 2 heterocycles. The number of piperidine rings is 1. The highest BCUT2D eigenvalue weighted by Crippen LogP contribution is 2.13. The molecule has 2 aromatic rings. The zero-order valence-electron chi connectivity index (χ0n) is 14.0. The number of amides is 1. The number of rotatable bonds is 4. The summed E-state index contributed by atoms with van der Waals surface area (Å²) in [6.07, 6.45) is 2.38. The van der Waals surface area contributed by atoms with E-state index in [0.717, 1.165) is 36.5 Å². The Labute approximate surface area is 148 Å². The van der Waals surface area contributed by atoms with E-state index in [4.69, 9.17) is 0 Å². The summed E-state index contributed by atoms with van der Waals surface area (Å²) in [7, 11) is 0. The smallest absolute Gasteiger partial charge is 0.226 e. The van der Waals surface area contributed by atoms with E-state index in [1.54, 1.807) is 4.68 Å². The van der Waals surface area contributed by atoms with Gasteiger partial charge in [-0.3, -0.25) is 4.79 Å². The first kappa shape index (κ1) is 18.4. The van der Waals surface area contributed by atoms with Crippen molar-refractivity contribution in [2.24, 2.45) is 0 Å². The van der Waals surface area contributed by atoms with Gasteiger partial charge in [-0.15, -0.1) is 17.5 Å². The van der Waals surface area contributed by atoms with Crippen LogP contribution in [0.1, 0.15) is 31.2 Å². The molecular formula is C17H24ClN5O. The quantitative estimate of drug-likeness (QED) is 0.882. The normalized spacial score (nSPS) is 20.2. The van der Waals surface area contributed by atoms with Crippen LogP contribution in [0.3, 0.4) is 0 Å². The highest BCUT2D eigenvalue weighted by Gasteiger charge is 2.23. The van der Waals surface area contributed by atoms with E-state index in [-0.39, 0.29) is 30.8 Å². The van der Waals surface area contributed by atoms with E-state index in [9.17, 15) is 4.79 Å². The molecule has 6 nitrogen and oxygen atoms in total. The van der Waals surface area contributed by atoms with Gasteiger partial charge in [-0.25, -0.2) is 4.68 Å². The Morgan fingerprint density at radius 2 is 2.12 bits per heavy atom. The third-order valence-electron chi connectivity index (χ3n) is 4.43. The summed E-state index contributed by atoms with van der Waals surface area (Å²) < 4.78 is 1.77. The minimum atomic E-state index is 0. The van der Waals surface area contributed by atoms with Gasteiger partial charge in [0, 0.05) is 12.1 Å². The number of halogens is 1. The zero-order valence-corrected chi connectivity index (χ0v) is 14.8. The number of nitrogens with one attached hydrogen (secondary N) is 2. The first-order valence-electron chi connectivity index (χ1n) is 8.14. The maximum atomic E-state index is 12.3. The van der Waals surface area contributed by atoms with E-state index in [2.05, 4.69) is 27.9 Å². The molecule has 24 heavy (non-hydrogen) atoms. The summed E-state index contributed by atoms with van der Waals surface area (Å²) in [6, 6.07) is 10.3. The number of para-hydroxylation sites is 1. The predicted molar refractivity (Wildman–Crippen MR) is 95.7 cm³/mol. The lowest BCUT2D eigenvalue weighted by atomic mass is 9.99. The van der Waals surface area contributed by atoms with Crippen LogP contribution in [-0.4, -0.2) is 39.5 Å². The van der Waals surface area contributed by atoms with Gasteiger partial charge in [0.05, 0.1) is 23.5 Å². The summed E-state index contributed by atoms with van der Waals surface area (Å²) in [4.78, 5) is 12.3. The second kappa shape index (κ2) is 8.26. The lowest BCUT2D eigenvalue weighted by Gasteiger charge is -2.30. The molecule has 1 amide bonds. The van der Waals surface area contributed by atoms with Crippen molar-refractivity contribution in [3.63, 3.8) is 0 Å². The third-order valence-corrected chi connectivity index (χ3v) is 4.43. The molecule has 0 bridgehead atoms. The van der Waals surface area contributed by atoms with Crippen LogP contribution < -0.4 is 10.6 Å². The van der Waals surface area contributed by atoms with Gasteiger partial charge in [0.1, 0.15) is 0 Å². The number of hydrogen-bond donors (Lipinski definition) is 2. The molecule has 0 saturated carbocycles. The molecule has 1 aromatic carbocycles. The fourth-order valence-corrected chi connectivity index (χ4v) is 2.99. The van der Waals surface area contributed by atoms with Crippen molar-refractivity contribution >= 4 is 18.3 Å². The lowest BCUT2D eigenvalue weighted by Crippen LogP contribution is -2.52. The molecule has 1 fully saturated rings. The standard InChI is InChI=1S/C17H23N5O.ClH/c1-12-15(9-6-10-18-12)19-17(23)11-16-13(2)22(21-20-16)14-7-4-3-5-8-14;/h3-5,7-8,12,15,18H,6,9-11H2,1-2H3,(H,19,23);1H. The lowest BCUT2D eigenvalue weighted by molar-refractivity contribution is -0.121. The summed E-state index contributed by atoms with van der Waals surface area (Å²) in [5.41, 5.74) is 2.58. The second-order valence-electron chi connectivity index (χ2n) is 6.10. The first-order chi connectivity index (χ1) is 11.1. The van der Waals surface area contributed by atoms with Crippen molar-refractivity contribution in [3.8, 4) is 5.69 Å². The van der Waals surface area contributed by atoms with Gasteiger partial charge in [-0.1, -0.05) is 23.4 Å². The van der Waals surface area contributed by atoms with Gasteiger partial charge in [0.15, 0.2) is 0 Å². The molecule has 3 rings (SSSR count). The Morgan fingerprint density at radius 1 is 1.38 bits per heavy atom. The van der Waals surface area contributed by atoms with Crippen molar-refractivity contribution in [3.05, 3.63) is 41.7 Å². The molecule has 1 aromatic heterocycles. The van der Waals surface area contributed by atoms with E-state index in [1.807, 2.05) is 37.3 Å². The van der Waals surface area contributed by atoms with Gasteiger partial charge < -0.3 is 10.6 Å². The Bertz CT molecular complexity index is 673. The number of hydrogen-bond acceptors (Lipinski definition) is 4. The molecule has 1 aliphatic heterocycles. The van der Waals surface area contributed by atoms with Crippen molar-refractivity contribution in [2.75, 3.05) is 6.54 Å². The van der Waals surface area contributed by atoms with Crippen molar-refractivity contribution in [1.29, 1.82) is 0 Å². The highest BCUT2D eigenvalue weighted by atomic mass is 35.5. The molecule has 0 aliphatic carbocycles. The van der Waals surface area contributed by atoms with Crippen LogP contribution in [-0.2, 0) is 11.2 Å². The topological polar surface area (TPSA) is 71.8 Å².